The van der Waals surface area contributed by atoms with E-state index in [1.165, 1.54) is 32.1 Å². The molecule has 0 saturated carbocycles. The molecule has 0 aliphatic carbocycles. The molecule has 0 aliphatic rings. The van der Waals surface area contributed by atoms with E-state index in [1.54, 1.807) is 6.20 Å². The number of imidazole rings is 1. The molecule has 0 radical (unpaired) electrons. The second kappa shape index (κ2) is 8.29. The summed E-state index contributed by atoms with van der Waals surface area (Å²) in [7, 11) is 1.97. The fourth-order valence-corrected chi connectivity index (χ4v) is 2.07. The van der Waals surface area contributed by atoms with Gasteiger partial charge >= 0.3 is 0 Å². The Morgan fingerprint density at radius 3 is 2.59 bits per heavy atom. The smallest absolute Gasteiger partial charge is 0.110 e. The summed E-state index contributed by atoms with van der Waals surface area (Å²) in [5, 5.41) is 9.89. The van der Waals surface area contributed by atoms with Crippen LogP contribution in [0.15, 0.2) is 12.4 Å². The van der Waals surface area contributed by atoms with Crippen molar-refractivity contribution in [2.45, 2.75) is 64.4 Å². The lowest BCUT2D eigenvalue weighted by molar-refractivity contribution is 0.157. The number of aryl methyl sites for hydroxylation is 1. The van der Waals surface area contributed by atoms with E-state index in [4.69, 9.17) is 0 Å². The van der Waals surface area contributed by atoms with Crippen molar-refractivity contribution in [1.82, 2.24) is 9.55 Å². The third-order valence-electron chi connectivity index (χ3n) is 3.23. The van der Waals surface area contributed by atoms with E-state index in [2.05, 4.69) is 11.9 Å². The Morgan fingerprint density at radius 2 is 1.94 bits per heavy atom. The summed E-state index contributed by atoms with van der Waals surface area (Å²) in [6, 6.07) is 0. The van der Waals surface area contributed by atoms with E-state index in [0.717, 1.165) is 18.7 Å². The highest BCUT2D eigenvalue weighted by molar-refractivity contribution is 4.92. The summed E-state index contributed by atoms with van der Waals surface area (Å²) >= 11 is 0. The SMILES string of the molecule is CCCCCCCCC(O)Cc1nccn1C. The van der Waals surface area contributed by atoms with Gasteiger partial charge < -0.3 is 9.67 Å². The molecule has 1 N–H and O–H groups in total. The van der Waals surface area contributed by atoms with Crippen molar-refractivity contribution in [3.63, 3.8) is 0 Å². The fraction of sp³-hybridized carbons (Fsp3) is 0.786. The van der Waals surface area contributed by atoms with E-state index >= 15 is 0 Å². The quantitative estimate of drug-likeness (QED) is 0.671. The lowest BCUT2D eigenvalue weighted by Crippen LogP contribution is -2.13. The Bertz CT molecular complexity index is 296. The van der Waals surface area contributed by atoms with Crippen LogP contribution in [0.5, 0.6) is 0 Å². The molecule has 0 spiro atoms. The zero-order valence-corrected chi connectivity index (χ0v) is 11.2. The summed E-state index contributed by atoms with van der Waals surface area (Å²) in [6.45, 7) is 2.23. The molecule has 1 unspecified atom stereocenters. The number of aliphatic hydroxyl groups is 1. The van der Waals surface area contributed by atoms with Gasteiger partial charge in [0.25, 0.3) is 0 Å². The first-order valence-electron chi connectivity index (χ1n) is 6.88. The van der Waals surface area contributed by atoms with Gasteiger partial charge in [-0.1, -0.05) is 45.4 Å². The van der Waals surface area contributed by atoms with E-state index in [0.29, 0.717) is 6.42 Å². The molecular formula is C14H26N2O. The summed E-state index contributed by atoms with van der Waals surface area (Å²) in [5.74, 6) is 0.975. The number of rotatable bonds is 9. The molecule has 17 heavy (non-hydrogen) atoms. The Labute approximate surface area is 105 Å². The molecule has 0 saturated heterocycles. The van der Waals surface area contributed by atoms with Crippen molar-refractivity contribution in [1.29, 1.82) is 0 Å². The monoisotopic (exact) mass is 238 g/mol. The first kappa shape index (κ1) is 14.2. The predicted octanol–water partition coefficient (Wildman–Crippen LogP) is 3.07. The standard InChI is InChI=1S/C14H26N2O/c1-3-4-5-6-7-8-9-13(17)12-14-15-10-11-16(14)2/h10-11,13,17H,3-9,12H2,1-2H3. The van der Waals surface area contributed by atoms with Gasteiger partial charge in [-0.2, -0.15) is 0 Å². The maximum atomic E-state index is 9.89. The average molecular weight is 238 g/mol. The molecule has 1 rings (SSSR count). The van der Waals surface area contributed by atoms with Gasteiger partial charge in [0.15, 0.2) is 0 Å². The molecule has 1 heterocycles. The van der Waals surface area contributed by atoms with Crippen LogP contribution in [0.4, 0.5) is 0 Å². The topological polar surface area (TPSA) is 38.1 Å². The van der Waals surface area contributed by atoms with Crippen LogP contribution in [-0.2, 0) is 13.5 Å². The van der Waals surface area contributed by atoms with Crippen molar-refractivity contribution < 1.29 is 5.11 Å². The lowest BCUT2D eigenvalue weighted by Gasteiger charge is -2.10. The van der Waals surface area contributed by atoms with Crippen LogP contribution in [0.3, 0.4) is 0 Å². The van der Waals surface area contributed by atoms with Crippen LogP contribution < -0.4 is 0 Å². The van der Waals surface area contributed by atoms with Crippen molar-refractivity contribution >= 4 is 0 Å². The van der Waals surface area contributed by atoms with Gasteiger partial charge in [-0.15, -0.1) is 0 Å². The molecule has 0 amide bonds. The molecule has 1 aromatic rings. The maximum absolute atomic E-state index is 9.89. The van der Waals surface area contributed by atoms with Gasteiger partial charge in [-0.05, 0) is 6.42 Å². The zero-order chi connectivity index (χ0) is 12.5. The van der Waals surface area contributed by atoms with Crippen LogP contribution in [-0.4, -0.2) is 20.8 Å². The van der Waals surface area contributed by atoms with E-state index < -0.39 is 0 Å². The van der Waals surface area contributed by atoms with Crippen molar-refractivity contribution in [2.24, 2.45) is 7.05 Å². The number of aromatic nitrogens is 2. The second-order valence-electron chi connectivity index (χ2n) is 4.87. The highest BCUT2D eigenvalue weighted by Crippen LogP contribution is 2.11. The molecule has 0 bridgehead atoms. The summed E-state index contributed by atoms with van der Waals surface area (Å²) in [6.07, 6.45) is 12.7. The van der Waals surface area contributed by atoms with Gasteiger partial charge in [-0.25, -0.2) is 4.98 Å². The number of unbranched alkanes of at least 4 members (excludes halogenated alkanes) is 5. The zero-order valence-electron chi connectivity index (χ0n) is 11.2. The van der Waals surface area contributed by atoms with E-state index in [1.807, 2.05) is 17.8 Å². The summed E-state index contributed by atoms with van der Waals surface area (Å²) in [4.78, 5) is 4.23. The Hall–Kier alpha value is -0.830. The highest BCUT2D eigenvalue weighted by atomic mass is 16.3. The molecule has 1 atom stereocenters. The minimum absolute atomic E-state index is 0.234. The van der Waals surface area contributed by atoms with Gasteiger partial charge in [0.05, 0.1) is 6.10 Å². The molecular weight excluding hydrogens is 212 g/mol. The maximum Gasteiger partial charge on any atom is 0.110 e. The van der Waals surface area contributed by atoms with Crippen molar-refractivity contribution in [3.8, 4) is 0 Å². The van der Waals surface area contributed by atoms with Gasteiger partial charge in [-0.3, -0.25) is 0 Å². The van der Waals surface area contributed by atoms with Gasteiger partial charge in [0.2, 0.25) is 0 Å². The third kappa shape index (κ3) is 5.87. The molecule has 1 aromatic heterocycles. The van der Waals surface area contributed by atoms with Gasteiger partial charge in [0, 0.05) is 25.9 Å². The van der Waals surface area contributed by atoms with Crippen LogP contribution in [0, 0.1) is 0 Å². The first-order valence-corrected chi connectivity index (χ1v) is 6.88. The molecule has 0 aromatic carbocycles. The first-order chi connectivity index (χ1) is 8.24. The Balaban J connectivity index is 2.05. The minimum atomic E-state index is -0.234. The molecule has 0 aliphatic heterocycles. The number of hydrogen-bond donors (Lipinski definition) is 1. The number of nitrogens with zero attached hydrogens (tertiary/aromatic N) is 2. The van der Waals surface area contributed by atoms with Crippen molar-refractivity contribution in [2.75, 3.05) is 0 Å². The highest BCUT2D eigenvalue weighted by Gasteiger charge is 2.08. The summed E-state index contributed by atoms with van der Waals surface area (Å²) in [5.41, 5.74) is 0. The average Bonchev–Trinajstić information content (AvgIpc) is 2.69. The molecule has 3 nitrogen and oxygen atoms in total. The Morgan fingerprint density at radius 1 is 1.24 bits per heavy atom. The van der Waals surface area contributed by atoms with Crippen LogP contribution in [0.25, 0.3) is 0 Å². The summed E-state index contributed by atoms with van der Waals surface area (Å²) < 4.78 is 1.98. The third-order valence-corrected chi connectivity index (χ3v) is 3.23. The molecule has 0 fully saturated rings. The fourth-order valence-electron chi connectivity index (χ4n) is 2.07. The number of hydrogen-bond acceptors (Lipinski definition) is 2. The van der Waals surface area contributed by atoms with Gasteiger partial charge in [0.1, 0.15) is 5.82 Å². The van der Waals surface area contributed by atoms with Crippen LogP contribution in [0.1, 0.15) is 57.7 Å². The van der Waals surface area contributed by atoms with E-state index in [-0.39, 0.29) is 6.10 Å². The van der Waals surface area contributed by atoms with E-state index in [9.17, 15) is 5.11 Å². The van der Waals surface area contributed by atoms with Crippen LogP contribution in [0.2, 0.25) is 0 Å². The predicted molar refractivity (Wildman–Crippen MR) is 70.9 cm³/mol. The Kier molecular flexibility index (Phi) is 6.94. The number of aliphatic hydroxyl groups excluding tert-OH is 1. The van der Waals surface area contributed by atoms with Crippen LogP contribution >= 0.6 is 0 Å². The van der Waals surface area contributed by atoms with Crippen molar-refractivity contribution in [3.05, 3.63) is 18.2 Å². The lowest BCUT2D eigenvalue weighted by atomic mass is 10.1. The molecule has 3 heteroatoms. The molecule has 98 valence electrons. The second-order valence-corrected chi connectivity index (χ2v) is 4.87. The largest absolute Gasteiger partial charge is 0.393 e. The minimum Gasteiger partial charge on any atom is -0.393 e. The normalized spacial score (nSPS) is 12.9.